The lowest BCUT2D eigenvalue weighted by Gasteiger charge is -2.25. The molecule has 19 heavy (non-hydrogen) atoms. The van der Waals surface area contributed by atoms with Gasteiger partial charge in [0.15, 0.2) is 10.9 Å². The Bertz CT molecular complexity index is 416. The highest BCUT2D eigenvalue weighted by molar-refractivity contribution is 7.80. The zero-order chi connectivity index (χ0) is 13.7. The van der Waals surface area contributed by atoms with Gasteiger partial charge in [-0.1, -0.05) is 0 Å². The van der Waals surface area contributed by atoms with E-state index in [-0.39, 0.29) is 6.10 Å². The zero-order valence-corrected chi connectivity index (χ0v) is 12.0. The van der Waals surface area contributed by atoms with E-state index in [4.69, 9.17) is 17.0 Å². The van der Waals surface area contributed by atoms with E-state index in [1.165, 1.54) is 0 Å². The van der Waals surface area contributed by atoms with Gasteiger partial charge < -0.3 is 9.84 Å². The third kappa shape index (κ3) is 3.94. The largest absolute Gasteiger partial charge is 0.490 e. The number of thiocarbonyl (C=S) groups is 1. The van der Waals surface area contributed by atoms with Crippen molar-refractivity contribution in [1.82, 2.24) is 20.2 Å². The van der Waals surface area contributed by atoms with Crippen LogP contribution in [0.25, 0.3) is 0 Å². The Morgan fingerprint density at radius 3 is 2.84 bits per heavy atom. The lowest BCUT2D eigenvalue weighted by atomic mass is 9.93. The minimum atomic E-state index is -0.157. The van der Waals surface area contributed by atoms with Crippen LogP contribution in [-0.4, -0.2) is 43.6 Å². The number of nitrogens with zero attached hydrogens (tertiary/aromatic N) is 4. The lowest BCUT2D eigenvalue weighted by molar-refractivity contribution is 0.106. The van der Waals surface area contributed by atoms with Crippen LogP contribution in [0.1, 0.15) is 50.4 Å². The molecule has 0 aromatic carbocycles. The van der Waals surface area contributed by atoms with Gasteiger partial charge in [-0.3, -0.25) is 0 Å². The molecule has 1 fully saturated rings. The van der Waals surface area contributed by atoms with Crippen molar-refractivity contribution in [3.63, 3.8) is 0 Å². The monoisotopic (exact) mass is 284 g/mol. The molecule has 1 aromatic rings. The Morgan fingerprint density at radius 2 is 2.16 bits per heavy atom. The first-order valence-corrected chi connectivity index (χ1v) is 7.13. The summed E-state index contributed by atoms with van der Waals surface area (Å²) in [5, 5.41) is 22.1. The van der Waals surface area contributed by atoms with Crippen LogP contribution < -0.4 is 0 Å². The van der Waals surface area contributed by atoms with Gasteiger partial charge in [0.25, 0.3) is 0 Å². The summed E-state index contributed by atoms with van der Waals surface area (Å²) in [6.07, 6.45) is 5.83. The van der Waals surface area contributed by atoms with Crippen LogP contribution in [0.4, 0.5) is 0 Å². The number of aromatic nitrogens is 4. The van der Waals surface area contributed by atoms with Crippen LogP contribution in [0.5, 0.6) is 0 Å². The highest BCUT2D eigenvalue weighted by atomic mass is 32.1. The van der Waals surface area contributed by atoms with E-state index in [1.54, 1.807) is 7.11 Å². The Kier molecular flexibility index (Phi) is 5.21. The van der Waals surface area contributed by atoms with Crippen LogP contribution in [0.2, 0.25) is 0 Å². The van der Waals surface area contributed by atoms with Crippen LogP contribution in [0.15, 0.2) is 0 Å². The van der Waals surface area contributed by atoms with Gasteiger partial charge in [0, 0.05) is 12.8 Å². The summed E-state index contributed by atoms with van der Waals surface area (Å²) in [6, 6.07) is 0.322. The second kappa shape index (κ2) is 6.91. The maximum Gasteiger partial charge on any atom is 0.159 e. The number of aliphatic hydroxyl groups excluding tert-OH is 1. The van der Waals surface area contributed by atoms with Crippen LogP contribution in [0, 0.1) is 0 Å². The summed E-state index contributed by atoms with van der Waals surface area (Å²) in [4.78, 5) is 0. The van der Waals surface area contributed by atoms with Crippen LogP contribution >= 0.6 is 12.2 Å². The fourth-order valence-electron chi connectivity index (χ4n) is 2.46. The van der Waals surface area contributed by atoms with Crippen molar-refractivity contribution in [1.29, 1.82) is 0 Å². The van der Waals surface area contributed by atoms with Crippen molar-refractivity contribution in [2.75, 3.05) is 7.11 Å². The standard InChI is InChI=1S/C12H20N4O2S/c1-18-12(19)4-2-3-11-13-14-15-16(11)9-5-7-10(17)8-6-9/h9-10,17H,2-8H2,1H3. The van der Waals surface area contributed by atoms with Crippen molar-refractivity contribution in [3.8, 4) is 0 Å². The third-order valence-electron chi connectivity index (χ3n) is 3.58. The van der Waals surface area contributed by atoms with Crippen molar-refractivity contribution >= 4 is 17.3 Å². The maximum absolute atomic E-state index is 9.53. The highest BCUT2D eigenvalue weighted by Crippen LogP contribution is 2.28. The summed E-state index contributed by atoms with van der Waals surface area (Å²) in [7, 11) is 1.60. The average molecular weight is 284 g/mol. The third-order valence-corrected chi connectivity index (χ3v) is 3.95. The van der Waals surface area contributed by atoms with Crippen molar-refractivity contribution < 1.29 is 9.84 Å². The van der Waals surface area contributed by atoms with E-state index in [0.29, 0.717) is 11.1 Å². The molecule has 0 spiro atoms. The van der Waals surface area contributed by atoms with Gasteiger partial charge in [-0.25, -0.2) is 4.68 Å². The summed E-state index contributed by atoms with van der Waals surface area (Å²) in [6.45, 7) is 0. The molecule has 1 saturated carbocycles. The molecule has 1 N–H and O–H groups in total. The molecule has 0 saturated heterocycles. The van der Waals surface area contributed by atoms with Gasteiger partial charge in [0.2, 0.25) is 0 Å². The SMILES string of the molecule is COC(=S)CCCc1nnnn1C1CCC(O)CC1. The molecule has 6 nitrogen and oxygen atoms in total. The number of methoxy groups -OCH3 is 1. The number of aliphatic hydroxyl groups is 1. The molecule has 2 rings (SSSR count). The second-order valence-corrected chi connectivity index (χ2v) is 5.39. The van der Waals surface area contributed by atoms with E-state index in [9.17, 15) is 5.11 Å². The molecule has 1 heterocycles. The number of tetrazole rings is 1. The van der Waals surface area contributed by atoms with Gasteiger partial charge >= 0.3 is 0 Å². The number of ether oxygens (including phenoxy) is 1. The summed E-state index contributed by atoms with van der Waals surface area (Å²) in [5.74, 6) is 0.903. The Labute approximate surface area is 118 Å². The van der Waals surface area contributed by atoms with Gasteiger partial charge in [-0.15, -0.1) is 5.10 Å². The minimum absolute atomic E-state index is 0.157. The fourth-order valence-corrected chi connectivity index (χ4v) is 2.60. The lowest BCUT2D eigenvalue weighted by Crippen LogP contribution is -2.23. The van der Waals surface area contributed by atoms with Crippen molar-refractivity contribution in [2.24, 2.45) is 0 Å². The predicted molar refractivity (Wildman–Crippen MR) is 73.9 cm³/mol. The Hall–Kier alpha value is -1.08. The number of aryl methyl sites for hydroxylation is 1. The minimum Gasteiger partial charge on any atom is -0.490 e. The molecule has 0 atom stereocenters. The normalized spacial score (nSPS) is 23.3. The molecule has 0 bridgehead atoms. The molecule has 0 aliphatic heterocycles. The van der Waals surface area contributed by atoms with E-state index in [1.807, 2.05) is 4.68 Å². The first-order chi connectivity index (χ1) is 9.20. The van der Waals surface area contributed by atoms with Crippen molar-refractivity contribution in [2.45, 2.75) is 57.1 Å². The first-order valence-electron chi connectivity index (χ1n) is 6.72. The quantitative estimate of drug-likeness (QED) is 0.825. The molecule has 1 aliphatic rings. The number of rotatable bonds is 5. The molecule has 0 radical (unpaired) electrons. The molecular weight excluding hydrogens is 264 g/mol. The Morgan fingerprint density at radius 1 is 1.42 bits per heavy atom. The zero-order valence-electron chi connectivity index (χ0n) is 11.2. The molecule has 1 aliphatic carbocycles. The Balaban J connectivity index is 1.88. The predicted octanol–water partition coefficient (Wildman–Crippen LogP) is 1.45. The first kappa shape index (κ1) is 14.3. The smallest absolute Gasteiger partial charge is 0.159 e. The van der Waals surface area contributed by atoms with Gasteiger partial charge in [0.1, 0.15) is 0 Å². The van der Waals surface area contributed by atoms with Crippen LogP contribution in [0.3, 0.4) is 0 Å². The van der Waals surface area contributed by atoms with E-state index >= 15 is 0 Å². The van der Waals surface area contributed by atoms with Gasteiger partial charge in [-0.2, -0.15) is 0 Å². The summed E-state index contributed by atoms with van der Waals surface area (Å²) < 4.78 is 6.89. The summed E-state index contributed by atoms with van der Waals surface area (Å²) >= 11 is 5.01. The number of hydrogen-bond donors (Lipinski definition) is 1. The molecule has 0 amide bonds. The molecule has 7 heteroatoms. The van der Waals surface area contributed by atoms with Crippen molar-refractivity contribution in [3.05, 3.63) is 5.82 Å². The molecule has 106 valence electrons. The second-order valence-electron chi connectivity index (χ2n) is 4.93. The topological polar surface area (TPSA) is 73.1 Å². The summed E-state index contributed by atoms with van der Waals surface area (Å²) in [5.41, 5.74) is 0. The average Bonchev–Trinajstić information content (AvgIpc) is 2.88. The molecule has 0 unspecified atom stereocenters. The van der Waals surface area contributed by atoms with Crippen LogP contribution in [-0.2, 0) is 11.2 Å². The molecule has 1 aromatic heterocycles. The highest BCUT2D eigenvalue weighted by Gasteiger charge is 2.23. The molecular formula is C12H20N4O2S. The fraction of sp³-hybridized carbons (Fsp3) is 0.833. The maximum atomic E-state index is 9.53. The van der Waals surface area contributed by atoms with E-state index in [2.05, 4.69) is 15.5 Å². The van der Waals surface area contributed by atoms with E-state index in [0.717, 1.165) is 50.8 Å². The van der Waals surface area contributed by atoms with Gasteiger partial charge in [-0.05, 0) is 54.7 Å². The van der Waals surface area contributed by atoms with Gasteiger partial charge in [0.05, 0.1) is 19.3 Å². The van der Waals surface area contributed by atoms with E-state index < -0.39 is 0 Å². The number of hydrogen-bond acceptors (Lipinski definition) is 6.